The van der Waals surface area contributed by atoms with E-state index in [9.17, 15) is 13.2 Å². The SMILES string of the molecule is C[C@H]1C[C@H](C)CN(C(=O)[C@@H](C)[NH+]2CCN(S(=O)(=O)c3ccc4c(c3)CCC4)CC2)C1. The smallest absolute Gasteiger partial charge is 0.280 e. The Labute approximate surface area is 181 Å². The number of amides is 1. The number of fused-ring (bicyclic) bond motifs is 1. The Kier molecular flexibility index (Phi) is 6.24. The predicted octanol–water partition coefficient (Wildman–Crippen LogP) is 0.958. The fourth-order valence-corrected chi connectivity index (χ4v) is 7.09. The van der Waals surface area contributed by atoms with Crippen molar-refractivity contribution in [3.8, 4) is 0 Å². The molecule has 0 spiro atoms. The van der Waals surface area contributed by atoms with Gasteiger partial charge >= 0.3 is 0 Å². The van der Waals surface area contributed by atoms with Crippen molar-refractivity contribution in [3.63, 3.8) is 0 Å². The van der Waals surface area contributed by atoms with Crippen LogP contribution in [0.25, 0.3) is 0 Å². The van der Waals surface area contributed by atoms with Crippen LogP contribution in [0.3, 0.4) is 0 Å². The number of quaternary nitrogens is 1. The molecular weight excluding hydrogens is 398 g/mol. The number of benzene rings is 1. The summed E-state index contributed by atoms with van der Waals surface area (Å²) in [6, 6.07) is 5.51. The lowest BCUT2D eigenvalue weighted by atomic mass is 9.91. The van der Waals surface area contributed by atoms with E-state index in [1.807, 2.05) is 24.0 Å². The highest BCUT2D eigenvalue weighted by Gasteiger charge is 2.37. The summed E-state index contributed by atoms with van der Waals surface area (Å²) in [5.41, 5.74) is 2.47. The summed E-state index contributed by atoms with van der Waals surface area (Å²) in [6.07, 6.45) is 4.33. The Bertz CT molecular complexity index is 883. The molecule has 2 aliphatic heterocycles. The average Bonchev–Trinajstić information content (AvgIpc) is 3.20. The van der Waals surface area contributed by atoms with Crippen LogP contribution < -0.4 is 4.90 Å². The third-order valence-corrected chi connectivity index (χ3v) is 9.13. The number of rotatable bonds is 4. The molecule has 6 nitrogen and oxygen atoms in total. The molecule has 1 aromatic carbocycles. The Balaban J connectivity index is 1.38. The van der Waals surface area contributed by atoms with Crippen LogP contribution in [-0.4, -0.2) is 68.8 Å². The third kappa shape index (κ3) is 4.30. The lowest BCUT2D eigenvalue weighted by Gasteiger charge is -2.39. The molecule has 3 atom stereocenters. The first kappa shape index (κ1) is 21.8. The zero-order valence-corrected chi connectivity index (χ0v) is 19.4. The number of hydrogen-bond donors (Lipinski definition) is 1. The van der Waals surface area contributed by atoms with E-state index >= 15 is 0 Å². The molecule has 0 radical (unpaired) electrons. The zero-order valence-electron chi connectivity index (χ0n) is 18.6. The molecule has 0 aromatic heterocycles. The van der Waals surface area contributed by atoms with E-state index in [-0.39, 0.29) is 11.9 Å². The van der Waals surface area contributed by atoms with Crippen molar-refractivity contribution in [3.05, 3.63) is 29.3 Å². The van der Waals surface area contributed by atoms with E-state index in [4.69, 9.17) is 0 Å². The zero-order chi connectivity index (χ0) is 21.5. The van der Waals surface area contributed by atoms with Gasteiger partial charge < -0.3 is 9.80 Å². The first-order valence-electron chi connectivity index (χ1n) is 11.5. The van der Waals surface area contributed by atoms with E-state index in [0.29, 0.717) is 42.9 Å². The van der Waals surface area contributed by atoms with Crippen molar-refractivity contribution < 1.29 is 18.1 Å². The number of piperazine rings is 1. The van der Waals surface area contributed by atoms with Crippen LogP contribution in [0.4, 0.5) is 0 Å². The van der Waals surface area contributed by atoms with Crippen LogP contribution >= 0.6 is 0 Å². The quantitative estimate of drug-likeness (QED) is 0.768. The highest BCUT2D eigenvalue weighted by atomic mass is 32.2. The normalized spacial score (nSPS) is 27.1. The predicted molar refractivity (Wildman–Crippen MR) is 117 cm³/mol. The number of aryl methyl sites for hydroxylation is 2. The lowest BCUT2D eigenvalue weighted by molar-refractivity contribution is -0.918. The molecule has 166 valence electrons. The van der Waals surface area contributed by atoms with Gasteiger partial charge in [-0.05, 0) is 67.7 Å². The summed E-state index contributed by atoms with van der Waals surface area (Å²) in [5, 5.41) is 0. The van der Waals surface area contributed by atoms with Crippen LogP contribution in [0, 0.1) is 11.8 Å². The summed E-state index contributed by atoms with van der Waals surface area (Å²) < 4.78 is 27.9. The Morgan fingerprint density at radius 3 is 2.37 bits per heavy atom. The molecule has 0 unspecified atom stereocenters. The van der Waals surface area contributed by atoms with Crippen LogP contribution in [0.15, 0.2) is 23.1 Å². The minimum Gasteiger partial charge on any atom is -0.337 e. The van der Waals surface area contributed by atoms with Gasteiger partial charge in [-0.3, -0.25) is 4.79 Å². The molecule has 30 heavy (non-hydrogen) atoms. The van der Waals surface area contributed by atoms with E-state index < -0.39 is 10.0 Å². The fraction of sp³-hybridized carbons (Fsp3) is 0.696. The van der Waals surface area contributed by atoms with Crippen molar-refractivity contribution in [2.45, 2.75) is 57.4 Å². The summed E-state index contributed by atoms with van der Waals surface area (Å²) in [7, 11) is -3.46. The molecule has 2 saturated heterocycles. The van der Waals surface area contributed by atoms with E-state index in [1.54, 1.807) is 10.4 Å². The largest absolute Gasteiger partial charge is 0.337 e. The molecule has 0 saturated carbocycles. The second-order valence-electron chi connectivity index (χ2n) is 9.76. The standard InChI is InChI=1S/C23H35N3O3S/c1-17-13-18(2)16-25(15-17)23(27)19(3)24-9-11-26(12-10-24)30(28,29)22-8-7-20-5-4-6-21(20)14-22/h7-8,14,17-19H,4-6,9-13,15-16H2,1-3H3/p+1/t17-,18-,19+/m0/s1. The molecule has 1 N–H and O–H groups in total. The molecular formula is C23H36N3O3S+. The molecule has 1 aromatic rings. The third-order valence-electron chi connectivity index (χ3n) is 7.24. The van der Waals surface area contributed by atoms with Crippen molar-refractivity contribution in [1.29, 1.82) is 0 Å². The van der Waals surface area contributed by atoms with Crippen molar-refractivity contribution in [1.82, 2.24) is 9.21 Å². The highest BCUT2D eigenvalue weighted by molar-refractivity contribution is 7.89. The number of carbonyl (C=O) groups excluding carboxylic acids is 1. The van der Waals surface area contributed by atoms with E-state index in [1.165, 1.54) is 22.4 Å². The summed E-state index contributed by atoms with van der Waals surface area (Å²) >= 11 is 0. The van der Waals surface area contributed by atoms with Gasteiger partial charge in [-0.1, -0.05) is 19.9 Å². The number of piperidine rings is 1. The van der Waals surface area contributed by atoms with Gasteiger partial charge in [0.25, 0.3) is 5.91 Å². The maximum atomic E-state index is 13.2. The second kappa shape index (κ2) is 8.60. The molecule has 0 bridgehead atoms. The van der Waals surface area contributed by atoms with Crippen molar-refractivity contribution in [2.24, 2.45) is 11.8 Å². The van der Waals surface area contributed by atoms with Gasteiger partial charge in [-0.15, -0.1) is 0 Å². The van der Waals surface area contributed by atoms with Gasteiger partial charge in [-0.2, -0.15) is 4.31 Å². The van der Waals surface area contributed by atoms with Crippen LogP contribution in [0.2, 0.25) is 0 Å². The maximum absolute atomic E-state index is 13.2. The molecule has 2 fully saturated rings. The van der Waals surface area contributed by atoms with Crippen LogP contribution in [0.5, 0.6) is 0 Å². The summed E-state index contributed by atoms with van der Waals surface area (Å²) in [5.74, 6) is 1.32. The Morgan fingerprint density at radius 1 is 1.07 bits per heavy atom. The first-order chi connectivity index (χ1) is 14.3. The minimum absolute atomic E-state index is 0.118. The molecule has 3 aliphatic rings. The van der Waals surface area contributed by atoms with Gasteiger partial charge in [0.15, 0.2) is 6.04 Å². The number of likely N-dealkylation sites (tertiary alicyclic amines) is 1. The number of carbonyl (C=O) groups is 1. The Hall–Kier alpha value is -1.44. The molecule has 2 heterocycles. The molecule has 1 aliphatic carbocycles. The molecule has 4 rings (SSSR count). The average molecular weight is 435 g/mol. The number of nitrogens with zero attached hydrogens (tertiary/aromatic N) is 2. The van der Waals surface area contributed by atoms with Crippen molar-refractivity contribution >= 4 is 15.9 Å². The number of nitrogens with one attached hydrogen (secondary N) is 1. The van der Waals surface area contributed by atoms with Gasteiger partial charge in [0.1, 0.15) is 0 Å². The summed E-state index contributed by atoms with van der Waals surface area (Å²) in [4.78, 5) is 16.7. The van der Waals surface area contributed by atoms with Gasteiger partial charge in [0, 0.05) is 13.1 Å². The Morgan fingerprint density at radius 2 is 1.70 bits per heavy atom. The minimum atomic E-state index is -3.46. The van der Waals surface area contributed by atoms with E-state index in [0.717, 1.165) is 32.4 Å². The summed E-state index contributed by atoms with van der Waals surface area (Å²) in [6.45, 7) is 10.4. The lowest BCUT2D eigenvalue weighted by Crippen LogP contribution is -3.19. The van der Waals surface area contributed by atoms with Gasteiger partial charge in [0.05, 0.1) is 31.1 Å². The monoisotopic (exact) mass is 434 g/mol. The van der Waals surface area contributed by atoms with Crippen LogP contribution in [-0.2, 0) is 27.7 Å². The fourth-order valence-electron chi connectivity index (χ4n) is 5.60. The van der Waals surface area contributed by atoms with Gasteiger partial charge in [0.2, 0.25) is 10.0 Å². The second-order valence-corrected chi connectivity index (χ2v) is 11.7. The number of sulfonamides is 1. The van der Waals surface area contributed by atoms with Gasteiger partial charge in [-0.25, -0.2) is 8.42 Å². The highest BCUT2D eigenvalue weighted by Crippen LogP contribution is 2.26. The molecule has 7 heteroatoms. The van der Waals surface area contributed by atoms with Crippen LogP contribution in [0.1, 0.15) is 44.7 Å². The maximum Gasteiger partial charge on any atom is 0.280 e. The molecule has 1 amide bonds. The van der Waals surface area contributed by atoms with E-state index in [2.05, 4.69) is 13.8 Å². The topological polar surface area (TPSA) is 62.1 Å². The number of hydrogen-bond acceptors (Lipinski definition) is 3. The first-order valence-corrected chi connectivity index (χ1v) is 12.9. The van der Waals surface area contributed by atoms with Crippen molar-refractivity contribution in [2.75, 3.05) is 39.3 Å².